The molecule has 1 saturated heterocycles. The minimum Gasteiger partial charge on any atom is -0.378 e. The highest BCUT2D eigenvalue weighted by molar-refractivity contribution is 14.1. The first-order valence-electron chi connectivity index (χ1n) is 7.82. The van der Waals surface area contributed by atoms with E-state index < -0.39 is 3.97 Å². The molecule has 2 aliphatic rings. The summed E-state index contributed by atoms with van der Waals surface area (Å²) >= 11 is 7.89. The van der Waals surface area contributed by atoms with Gasteiger partial charge in [-0.3, -0.25) is 4.98 Å². The van der Waals surface area contributed by atoms with Gasteiger partial charge < -0.3 is 9.64 Å². The number of halogens is 3. The average Bonchev–Trinajstić information content (AvgIpc) is 2.58. The summed E-state index contributed by atoms with van der Waals surface area (Å²) in [7, 11) is 0. The van der Waals surface area contributed by atoms with Crippen LogP contribution in [0.4, 0.5) is 10.1 Å². The van der Waals surface area contributed by atoms with Crippen molar-refractivity contribution >= 4 is 43.9 Å². The lowest BCUT2D eigenvalue weighted by Gasteiger charge is -2.31. The van der Waals surface area contributed by atoms with E-state index >= 15 is 0 Å². The van der Waals surface area contributed by atoms with Crippen molar-refractivity contribution in [3.05, 3.63) is 46.4 Å². The third kappa shape index (κ3) is 4.15. The average molecular weight is 462 g/mol. The molecule has 1 fully saturated rings. The van der Waals surface area contributed by atoms with E-state index in [1.54, 1.807) is 6.07 Å². The molecule has 0 saturated carbocycles. The van der Waals surface area contributed by atoms with Gasteiger partial charge in [-0.25, -0.2) is 4.99 Å². The summed E-state index contributed by atoms with van der Waals surface area (Å²) in [6.45, 7) is 5.22. The molecule has 1 aliphatic heterocycles. The molecule has 128 valence electrons. The van der Waals surface area contributed by atoms with Gasteiger partial charge in [-0.05, 0) is 25.5 Å². The van der Waals surface area contributed by atoms with Crippen molar-refractivity contribution in [1.29, 1.82) is 0 Å². The van der Waals surface area contributed by atoms with Crippen LogP contribution in [0.3, 0.4) is 0 Å². The lowest BCUT2D eigenvalue weighted by molar-refractivity contribution is 0.0551. The second kappa shape index (κ2) is 7.93. The second-order valence-electron chi connectivity index (χ2n) is 5.74. The number of aryl methyl sites for hydroxylation is 1. The number of rotatable bonds is 3. The normalized spacial score (nSPS) is 21.8. The predicted octanol–water partition coefficient (Wildman–Crippen LogP) is 4.70. The number of aliphatic imine (C=N–C) groups is 1. The first kappa shape index (κ1) is 17.8. The van der Waals surface area contributed by atoms with E-state index in [2.05, 4.69) is 33.1 Å². The zero-order valence-electron chi connectivity index (χ0n) is 13.3. The highest BCUT2D eigenvalue weighted by Gasteiger charge is 2.20. The van der Waals surface area contributed by atoms with E-state index in [4.69, 9.17) is 16.3 Å². The zero-order valence-corrected chi connectivity index (χ0v) is 16.2. The number of morpholine rings is 1. The number of nitrogens with zero attached hydrogens (tertiary/aromatic N) is 3. The van der Waals surface area contributed by atoms with Crippen LogP contribution in [0.2, 0.25) is 5.02 Å². The summed E-state index contributed by atoms with van der Waals surface area (Å²) in [6, 6.07) is 1.69. The number of ether oxygens (including phenoxy) is 1. The van der Waals surface area contributed by atoms with E-state index in [-0.39, 0.29) is 5.92 Å². The quantitative estimate of drug-likeness (QED) is 0.484. The Hall–Kier alpha value is -0.990. The van der Waals surface area contributed by atoms with Crippen LogP contribution in [0.15, 0.2) is 35.0 Å². The summed E-state index contributed by atoms with van der Waals surface area (Å²) < 4.78 is 17.9. The van der Waals surface area contributed by atoms with Crippen LogP contribution in [-0.4, -0.2) is 40.2 Å². The number of hydrogen-bond acceptors (Lipinski definition) is 4. The largest absolute Gasteiger partial charge is 0.378 e. The van der Waals surface area contributed by atoms with Gasteiger partial charge in [0, 0.05) is 47.3 Å². The lowest BCUT2D eigenvalue weighted by atomic mass is 9.94. The Morgan fingerprint density at radius 2 is 2.21 bits per heavy atom. The van der Waals surface area contributed by atoms with Crippen molar-refractivity contribution in [3.8, 4) is 0 Å². The minimum atomic E-state index is -0.531. The molecular formula is C17H18ClFIN3O. The summed E-state index contributed by atoms with van der Waals surface area (Å²) in [5.74, 6) is 0.128. The molecule has 24 heavy (non-hydrogen) atoms. The van der Waals surface area contributed by atoms with E-state index in [1.807, 2.05) is 6.92 Å². The molecule has 0 bridgehead atoms. The Morgan fingerprint density at radius 1 is 1.46 bits per heavy atom. The van der Waals surface area contributed by atoms with Gasteiger partial charge in [-0.1, -0.05) is 23.8 Å². The smallest absolute Gasteiger partial charge is 0.250 e. The Morgan fingerprint density at radius 3 is 2.83 bits per heavy atom. The van der Waals surface area contributed by atoms with Crippen molar-refractivity contribution in [2.24, 2.45) is 4.99 Å². The van der Waals surface area contributed by atoms with Gasteiger partial charge in [0.25, 0.3) is 3.97 Å². The van der Waals surface area contributed by atoms with Gasteiger partial charge in [0.2, 0.25) is 0 Å². The fourth-order valence-corrected chi connectivity index (χ4v) is 3.47. The van der Waals surface area contributed by atoms with Crippen molar-refractivity contribution in [3.63, 3.8) is 0 Å². The summed E-state index contributed by atoms with van der Waals surface area (Å²) in [5.41, 5.74) is 3.20. The number of aromatic nitrogens is 1. The Labute approximate surface area is 159 Å². The number of hydrogen-bond donors (Lipinski definition) is 0. The van der Waals surface area contributed by atoms with E-state index in [0.717, 1.165) is 38.4 Å². The summed E-state index contributed by atoms with van der Waals surface area (Å²) in [6.07, 6.45) is 7.34. The molecule has 0 N–H and O–H groups in total. The molecule has 1 aromatic heterocycles. The van der Waals surface area contributed by atoms with Gasteiger partial charge in [0.05, 0.1) is 35.3 Å². The fraction of sp³-hybridized carbons (Fsp3) is 0.412. The van der Waals surface area contributed by atoms with Crippen LogP contribution >= 0.6 is 34.2 Å². The molecule has 1 atom stereocenters. The molecule has 1 unspecified atom stereocenters. The van der Waals surface area contributed by atoms with E-state index in [0.29, 0.717) is 16.4 Å². The zero-order chi connectivity index (χ0) is 17.1. The molecule has 3 rings (SSSR count). The van der Waals surface area contributed by atoms with Crippen LogP contribution < -0.4 is 0 Å². The van der Waals surface area contributed by atoms with Gasteiger partial charge in [-0.2, -0.15) is 4.39 Å². The fourth-order valence-electron chi connectivity index (χ4n) is 2.92. The third-order valence-corrected chi connectivity index (χ3v) is 4.72. The number of allylic oxidation sites excluding steroid dienone is 3. The van der Waals surface area contributed by atoms with Crippen LogP contribution in [-0.2, 0) is 4.74 Å². The van der Waals surface area contributed by atoms with Gasteiger partial charge >= 0.3 is 0 Å². The second-order valence-corrected chi connectivity index (χ2v) is 7.04. The third-order valence-electron chi connectivity index (χ3n) is 4.18. The topological polar surface area (TPSA) is 37.7 Å². The minimum absolute atomic E-state index is 0.128. The molecule has 0 spiro atoms. The maximum atomic E-state index is 13.0. The van der Waals surface area contributed by atoms with Crippen LogP contribution in [0.1, 0.15) is 23.7 Å². The molecular weight excluding hydrogens is 444 g/mol. The molecule has 0 aromatic carbocycles. The molecule has 0 radical (unpaired) electrons. The predicted molar refractivity (Wildman–Crippen MR) is 103 cm³/mol. The van der Waals surface area contributed by atoms with Crippen LogP contribution in [0, 0.1) is 6.92 Å². The summed E-state index contributed by atoms with van der Waals surface area (Å²) in [4.78, 5) is 10.7. The highest BCUT2D eigenvalue weighted by Crippen LogP contribution is 2.34. The van der Waals surface area contributed by atoms with Crippen LogP contribution in [0.25, 0.3) is 0 Å². The maximum absolute atomic E-state index is 13.0. The molecule has 1 aliphatic carbocycles. The lowest BCUT2D eigenvalue weighted by Crippen LogP contribution is -2.35. The SMILES string of the molecule is Cc1nc(C2C=CC(N3CCOCC3)=CC2)c(Cl)cc1N=C(F)I. The highest BCUT2D eigenvalue weighted by atomic mass is 127. The molecule has 4 nitrogen and oxygen atoms in total. The van der Waals surface area contributed by atoms with Crippen molar-refractivity contribution in [2.75, 3.05) is 26.3 Å². The maximum Gasteiger partial charge on any atom is 0.250 e. The van der Waals surface area contributed by atoms with Crippen LogP contribution in [0.5, 0.6) is 0 Å². The molecule has 7 heteroatoms. The van der Waals surface area contributed by atoms with E-state index in [1.165, 1.54) is 28.3 Å². The van der Waals surface area contributed by atoms with Crippen molar-refractivity contribution in [2.45, 2.75) is 19.3 Å². The van der Waals surface area contributed by atoms with E-state index in [9.17, 15) is 4.39 Å². The first-order chi connectivity index (χ1) is 11.5. The van der Waals surface area contributed by atoms with Gasteiger partial charge in [0.15, 0.2) is 0 Å². The molecule has 2 heterocycles. The van der Waals surface area contributed by atoms with Gasteiger partial charge in [0.1, 0.15) is 0 Å². The van der Waals surface area contributed by atoms with Crippen molar-refractivity contribution < 1.29 is 9.13 Å². The van der Waals surface area contributed by atoms with Crippen molar-refractivity contribution in [1.82, 2.24) is 9.88 Å². The summed E-state index contributed by atoms with van der Waals surface area (Å²) in [5, 5.41) is 0.523. The monoisotopic (exact) mass is 461 g/mol. The Balaban J connectivity index is 1.77. The standard InChI is InChI=1S/C17H18ClFIN3O/c1-11-15(22-17(19)20)10-14(18)16(21-11)12-2-4-13(5-3-12)23-6-8-24-9-7-23/h2,4-5,10,12H,3,6-9H2,1H3. The number of pyridine rings is 1. The first-order valence-corrected chi connectivity index (χ1v) is 9.28. The Kier molecular flexibility index (Phi) is 5.89. The van der Waals surface area contributed by atoms with Gasteiger partial charge in [-0.15, -0.1) is 0 Å². The molecule has 1 aromatic rings. The molecule has 0 amide bonds. The Bertz CT molecular complexity index is 710.